The smallest absolute Gasteiger partial charge is 0.242 e. The summed E-state index contributed by atoms with van der Waals surface area (Å²) >= 11 is 0. The summed E-state index contributed by atoms with van der Waals surface area (Å²) in [6.07, 6.45) is 2.53. The van der Waals surface area contributed by atoms with Crippen LogP contribution in [0.4, 0.5) is 5.69 Å². The van der Waals surface area contributed by atoms with Gasteiger partial charge in [-0.15, -0.1) is 0 Å². The Morgan fingerprint density at radius 1 is 1.37 bits per heavy atom. The van der Waals surface area contributed by atoms with Gasteiger partial charge in [-0.2, -0.15) is 0 Å². The van der Waals surface area contributed by atoms with E-state index in [1.807, 2.05) is 6.92 Å². The quantitative estimate of drug-likeness (QED) is 0.705. The number of aliphatic hydroxyl groups excluding tert-OH is 1. The first-order valence-electron chi connectivity index (χ1n) is 6.55. The van der Waals surface area contributed by atoms with E-state index in [9.17, 15) is 13.5 Å². The molecule has 0 saturated heterocycles. The Bertz CT molecular complexity index is 522. The van der Waals surface area contributed by atoms with Crippen molar-refractivity contribution in [3.63, 3.8) is 0 Å². The van der Waals surface area contributed by atoms with Gasteiger partial charge in [-0.3, -0.25) is 0 Å². The Morgan fingerprint density at radius 2 is 2.05 bits per heavy atom. The summed E-state index contributed by atoms with van der Waals surface area (Å²) in [5, 5.41) is 12.3. The van der Waals surface area contributed by atoms with Crippen LogP contribution in [0.1, 0.15) is 26.2 Å². The van der Waals surface area contributed by atoms with Crippen molar-refractivity contribution in [3.8, 4) is 0 Å². The largest absolute Gasteiger partial charge is 0.394 e. The van der Waals surface area contributed by atoms with Crippen LogP contribution in [-0.2, 0) is 10.0 Å². The maximum absolute atomic E-state index is 12.2. The zero-order valence-corrected chi connectivity index (χ0v) is 11.8. The van der Waals surface area contributed by atoms with Crippen LogP contribution in [0.5, 0.6) is 0 Å². The molecule has 0 spiro atoms. The Balaban J connectivity index is 2.24. The third kappa shape index (κ3) is 3.68. The van der Waals surface area contributed by atoms with Crippen molar-refractivity contribution in [2.45, 2.75) is 43.2 Å². The van der Waals surface area contributed by atoms with Crippen LogP contribution in [0, 0.1) is 0 Å². The minimum Gasteiger partial charge on any atom is -0.394 e. The molecule has 0 aromatic heterocycles. The Morgan fingerprint density at radius 3 is 2.63 bits per heavy atom. The maximum Gasteiger partial charge on any atom is 0.242 e. The number of hydrogen-bond acceptors (Lipinski definition) is 4. The van der Waals surface area contributed by atoms with E-state index >= 15 is 0 Å². The normalized spacial score (nSPS) is 17.2. The van der Waals surface area contributed by atoms with Crippen molar-refractivity contribution in [3.05, 3.63) is 24.3 Å². The molecule has 1 aliphatic rings. The number of rotatable bonds is 7. The highest BCUT2D eigenvalue weighted by Crippen LogP contribution is 2.26. The maximum atomic E-state index is 12.2. The summed E-state index contributed by atoms with van der Waals surface area (Å²) in [5.41, 5.74) is 0.538. The van der Waals surface area contributed by atoms with Crippen molar-refractivity contribution in [1.82, 2.24) is 4.72 Å². The van der Waals surface area contributed by atoms with E-state index in [0.29, 0.717) is 5.69 Å². The molecule has 6 heteroatoms. The van der Waals surface area contributed by atoms with Gasteiger partial charge in [0.2, 0.25) is 10.0 Å². The fraction of sp³-hybridized carbons (Fsp3) is 0.538. The predicted octanol–water partition coefficient (Wildman–Crippen LogP) is 1.31. The molecule has 5 nitrogen and oxygen atoms in total. The predicted molar refractivity (Wildman–Crippen MR) is 74.6 cm³/mol. The molecule has 0 radical (unpaired) electrons. The number of benzene rings is 1. The van der Waals surface area contributed by atoms with Crippen LogP contribution in [-0.4, -0.2) is 32.2 Å². The van der Waals surface area contributed by atoms with Crippen LogP contribution >= 0.6 is 0 Å². The van der Waals surface area contributed by atoms with Gasteiger partial charge >= 0.3 is 0 Å². The van der Waals surface area contributed by atoms with Crippen LogP contribution in [0.2, 0.25) is 0 Å². The molecule has 1 aromatic carbocycles. The molecule has 1 aromatic rings. The first-order valence-corrected chi connectivity index (χ1v) is 8.04. The molecule has 106 valence electrons. The molecule has 19 heavy (non-hydrogen) atoms. The highest BCUT2D eigenvalue weighted by Gasteiger charge is 2.29. The summed E-state index contributed by atoms with van der Waals surface area (Å²) < 4.78 is 27.2. The van der Waals surface area contributed by atoms with Crippen LogP contribution in [0.15, 0.2) is 29.2 Å². The lowest BCUT2D eigenvalue weighted by Crippen LogP contribution is -2.28. The Labute approximate surface area is 114 Å². The molecule has 0 bridgehead atoms. The van der Waals surface area contributed by atoms with E-state index in [2.05, 4.69) is 10.0 Å². The second kappa shape index (κ2) is 5.90. The van der Waals surface area contributed by atoms with E-state index < -0.39 is 10.0 Å². The number of sulfonamides is 1. The van der Waals surface area contributed by atoms with Crippen LogP contribution in [0.25, 0.3) is 0 Å². The van der Waals surface area contributed by atoms with Gasteiger partial charge in [-0.05, 0) is 31.4 Å². The number of hydrogen-bond donors (Lipinski definition) is 3. The monoisotopic (exact) mass is 284 g/mol. The first-order chi connectivity index (χ1) is 9.06. The molecule has 1 unspecified atom stereocenters. The van der Waals surface area contributed by atoms with Gasteiger partial charge in [0.1, 0.15) is 4.90 Å². The minimum atomic E-state index is -3.48. The third-order valence-corrected chi connectivity index (χ3v) is 4.73. The number of aliphatic hydroxyl groups is 1. The summed E-state index contributed by atoms with van der Waals surface area (Å²) in [6, 6.07) is 6.72. The molecule has 1 saturated carbocycles. The van der Waals surface area contributed by atoms with Gasteiger partial charge in [0.15, 0.2) is 0 Å². The topological polar surface area (TPSA) is 78.4 Å². The fourth-order valence-corrected chi connectivity index (χ4v) is 3.28. The second-order valence-corrected chi connectivity index (χ2v) is 6.51. The van der Waals surface area contributed by atoms with Crippen molar-refractivity contribution in [1.29, 1.82) is 0 Å². The number of nitrogens with one attached hydrogen (secondary N) is 2. The first kappa shape index (κ1) is 14.3. The molecule has 1 atom stereocenters. The van der Waals surface area contributed by atoms with Gasteiger partial charge < -0.3 is 10.4 Å². The lowest BCUT2D eigenvalue weighted by molar-refractivity contribution is 0.271. The molecular weight excluding hydrogens is 264 g/mol. The van der Waals surface area contributed by atoms with E-state index in [-0.39, 0.29) is 23.6 Å². The molecule has 1 fully saturated rings. The summed E-state index contributed by atoms with van der Waals surface area (Å²) in [6.45, 7) is 1.91. The van der Waals surface area contributed by atoms with Gasteiger partial charge in [-0.1, -0.05) is 19.1 Å². The average molecular weight is 284 g/mol. The van der Waals surface area contributed by atoms with Gasteiger partial charge in [0, 0.05) is 12.1 Å². The molecule has 1 aliphatic carbocycles. The summed E-state index contributed by atoms with van der Waals surface area (Å²) in [7, 11) is -3.48. The number of para-hydroxylation sites is 1. The third-order valence-electron chi connectivity index (χ3n) is 3.15. The van der Waals surface area contributed by atoms with Crippen molar-refractivity contribution < 1.29 is 13.5 Å². The van der Waals surface area contributed by atoms with E-state index in [0.717, 1.165) is 19.3 Å². The van der Waals surface area contributed by atoms with E-state index in [4.69, 9.17) is 0 Å². The van der Waals surface area contributed by atoms with Gasteiger partial charge in [-0.25, -0.2) is 13.1 Å². The van der Waals surface area contributed by atoms with Crippen LogP contribution < -0.4 is 10.0 Å². The summed E-state index contributed by atoms with van der Waals surface area (Å²) in [4.78, 5) is 0.244. The lowest BCUT2D eigenvalue weighted by atomic mass is 10.2. The molecule has 0 amide bonds. The summed E-state index contributed by atoms with van der Waals surface area (Å²) in [5.74, 6) is 0. The highest BCUT2D eigenvalue weighted by atomic mass is 32.2. The zero-order chi connectivity index (χ0) is 13.9. The molecule has 3 N–H and O–H groups in total. The average Bonchev–Trinajstić information content (AvgIpc) is 3.19. The van der Waals surface area contributed by atoms with E-state index in [1.54, 1.807) is 24.3 Å². The molecular formula is C13H20N2O3S. The Kier molecular flexibility index (Phi) is 4.44. The second-order valence-electron chi connectivity index (χ2n) is 4.82. The number of anilines is 1. The van der Waals surface area contributed by atoms with Crippen LogP contribution in [0.3, 0.4) is 0 Å². The van der Waals surface area contributed by atoms with Crippen molar-refractivity contribution >= 4 is 15.7 Å². The minimum absolute atomic E-state index is 0.0268. The molecule has 0 aliphatic heterocycles. The van der Waals surface area contributed by atoms with Crippen molar-refractivity contribution in [2.75, 3.05) is 11.9 Å². The van der Waals surface area contributed by atoms with Crippen molar-refractivity contribution in [2.24, 2.45) is 0 Å². The fourth-order valence-electron chi connectivity index (χ4n) is 1.80. The SMILES string of the molecule is CCC(CO)Nc1ccccc1S(=O)(=O)NC1CC1. The molecule has 0 heterocycles. The van der Waals surface area contributed by atoms with E-state index in [1.165, 1.54) is 0 Å². The Hall–Kier alpha value is -1.11. The zero-order valence-electron chi connectivity index (χ0n) is 11.0. The highest BCUT2D eigenvalue weighted by molar-refractivity contribution is 7.89. The lowest BCUT2D eigenvalue weighted by Gasteiger charge is -2.18. The van der Waals surface area contributed by atoms with Gasteiger partial charge in [0.25, 0.3) is 0 Å². The molecule has 2 rings (SSSR count). The van der Waals surface area contributed by atoms with Gasteiger partial charge in [0.05, 0.1) is 12.3 Å². The standard InChI is InChI=1S/C13H20N2O3S/c1-2-10(9-16)14-12-5-3-4-6-13(12)19(17,18)15-11-7-8-11/h3-6,10-11,14-16H,2,7-9H2,1H3.